The number of aromatic nitrogens is 1. The van der Waals surface area contributed by atoms with Gasteiger partial charge in [0.05, 0.1) is 46.8 Å². The zero-order valence-corrected chi connectivity index (χ0v) is 71.5. The Morgan fingerprint density at radius 2 is 1.34 bits per heavy atom. The van der Waals surface area contributed by atoms with Crippen LogP contribution >= 0.6 is 48.0 Å². The normalized spacial score (nSPS) is 25.6. The third-order valence-corrected chi connectivity index (χ3v) is 22.6. The van der Waals surface area contributed by atoms with E-state index in [4.69, 9.17) is 62.1 Å². The molecule has 15 rings (SSSR count). The molecule has 0 aliphatic carbocycles. The fraction of sp³-hybridized carbons (Fsp3) is 0.376. The minimum Gasteiger partial charge on any atom is -0.508 e. The molecule has 11 bridgehead atoms. The molecule has 0 saturated carbocycles. The summed E-state index contributed by atoms with van der Waals surface area (Å²) in [5, 5.41) is 140. The van der Waals surface area contributed by atoms with E-state index in [1.165, 1.54) is 32.2 Å². The van der Waals surface area contributed by atoms with Crippen molar-refractivity contribution in [3.05, 3.63) is 183 Å². The number of likely N-dealkylation sites (N-methyl/N-ethyl adjacent to an activating group) is 1. The first-order valence-electron chi connectivity index (χ1n) is 39.6. The van der Waals surface area contributed by atoms with E-state index in [1.54, 1.807) is 49.4 Å². The number of ether oxygens (including phenoxy) is 7. The molecule has 9 unspecified atom stereocenters. The number of phenolic OH excluding ortho intramolecular Hbond substituents is 3. The van der Waals surface area contributed by atoms with Gasteiger partial charge in [-0.25, -0.2) is 9.78 Å². The monoisotopic (exact) mass is 1860 g/mol. The van der Waals surface area contributed by atoms with Crippen molar-refractivity contribution in [3.8, 4) is 62.9 Å². The Bertz CT molecular complexity index is 5500. The highest BCUT2D eigenvalue weighted by molar-refractivity contribution is 6.32. The van der Waals surface area contributed by atoms with Crippen molar-refractivity contribution < 1.29 is 136 Å². The number of hydrogen-bond donors (Lipinski definition) is 20. The molecular weight excluding hydrogens is 1770 g/mol. The van der Waals surface area contributed by atoms with Crippen molar-refractivity contribution in [3.63, 3.8) is 0 Å². The molecule has 8 heterocycles. The summed E-state index contributed by atoms with van der Waals surface area (Å²) in [5.41, 5.74) is 1.39. The number of nitrogens with two attached hydrogens (primary N) is 1. The van der Waals surface area contributed by atoms with Crippen molar-refractivity contribution in [1.29, 1.82) is 0 Å². The van der Waals surface area contributed by atoms with Gasteiger partial charge >= 0.3 is 12.1 Å². The molecule has 43 heteroatoms. The average molecular weight is 1870 g/mol. The number of alkyl halides is 3. The standard InChI is InChI=1S/C85H90Cl2F3N11O25.2ClH/c1-35(2)22-51(92-5)76(112)100-67-69(107)39-13-18-55(47(86)24-39)122-57-26-41-27-58(73(57)126-83-74(72(110)71(109)59(34-102)124-83)125-62-32-84(4,75(111)36(3)121-62)94-33-37-10-15-43(16-11-37)120-21-20-93-50-30-60(85(88,89)90)95-49-9-7-6-8-44(49)50)123-56-19-14-40(25-48(56)87)70(108)68-81(117)99-66(82(118)119)46-28-42(103)29-54(105)63(46)45-23-38(12-17-53(45)104)64(78(114)101-68)98-79(115)65(41)97-77(113)52(31-61(91)106)96-80(67)116;;/h6-19,23-30,35-36,51-52,59,62,64-72,74-75,83,92,94,102-105,107-111H,20-22,31-34H2,1-5H3,(H2,91,106)(H,93,95)(H,96,116)(H,97,113)(H,98,115)(H,99,117)(H,100,112)(H,101,114)(H,118,119);2*1H/t36?,51-,52+,59?,62?,64-,65-,66+,67-,68+,69-,70-,71?,72?,74?,75?,83?,84?;;/m1../s1. The topological polar surface area (TPSA) is 551 Å². The number of carboxylic acids is 1. The minimum absolute atomic E-state index is 0. The minimum atomic E-state index is -4.70. The van der Waals surface area contributed by atoms with Gasteiger partial charge in [-0.15, -0.1) is 24.8 Å². The molecule has 36 nitrogen and oxygen atoms in total. The molecule has 128 heavy (non-hydrogen) atoms. The summed E-state index contributed by atoms with van der Waals surface area (Å²) in [4.78, 5) is 122. The first kappa shape index (κ1) is 97.2. The number of rotatable bonds is 21. The third-order valence-electron chi connectivity index (χ3n) is 22.0. The maximum absolute atomic E-state index is 16.2. The van der Waals surface area contributed by atoms with Gasteiger partial charge in [-0.2, -0.15) is 13.2 Å². The highest BCUT2D eigenvalue weighted by Crippen LogP contribution is 2.50. The lowest BCUT2D eigenvalue weighted by Gasteiger charge is -2.48. The fourth-order valence-electron chi connectivity index (χ4n) is 15.5. The van der Waals surface area contributed by atoms with Crippen molar-refractivity contribution in [2.45, 2.75) is 169 Å². The number of benzene rings is 7. The Morgan fingerprint density at radius 3 is 1.97 bits per heavy atom. The van der Waals surface area contributed by atoms with Gasteiger partial charge in [0.15, 0.2) is 29.9 Å². The van der Waals surface area contributed by atoms with Gasteiger partial charge in [0, 0.05) is 58.9 Å². The number of primary amides is 1. The van der Waals surface area contributed by atoms with Crippen LogP contribution in [-0.2, 0) is 65.3 Å². The first-order valence-corrected chi connectivity index (χ1v) is 40.4. The second-order valence-corrected chi connectivity index (χ2v) is 32.3. The van der Waals surface area contributed by atoms with Gasteiger partial charge in [0.2, 0.25) is 53.4 Å². The second kappa shape index (κ2) is 40.5. The summed E-state index contributed by atoms with van der Waals surface area (Å²) in [5.74, 6) is -16.0. The number of carbonyl (C=O) groups excluding carboxylic acids is 7. The molecule has 18 atom stereocenters. The highest BCUT2D eigenvalue weighted by Gasteiger charge is 2.53. The summed E-state index contributed by atoms with van der Waals surface area (Å²) < 4.78 is 86.8. The summed E-state index contributed by atoms with van der Waals surface area (Å²) in [7, 11) is 1.46. The number of carbonyl (C=O) groups is 8. The number of aliphatic hydroxyl groups is 6. The van der Waals surface area contributed by atoms with E-state index in [1.807, 2.05) is 13.8 Å². The van der Waals surface area contributed by atoms with Crippen molar-refractivity contribution in [1.82, 2.24) is 47.5 Å². The predicted octanol–water partition coefficient (Wildman–Crippen LogP) is 5.84. The molecule has 8 aromatic rings. The Morgan fingerprint density at radius 1 is 0.711 bits per heavy atom. The van der Waals surface area contributed by atoms with Gasteiger partial charge in [-0.1, -0.05) is 85.6 Å². The molecule has 2 saturated heterocycles. The van der Waals surface area contributed by atoms with Crippen LogP contribution in [0, 0.1) is 5.92 Å². The SMILES string of the molecule is CN[C@H](CC(C)C)C(=O)N[C@H]1C(=O)N[C@@H](CC(N)=O)C(=O)N[C@H]2C(=O)N[C@H]3C(=O)N[C@H](C(=O)N[C@H](C(=O)O)c4cc(O)cc(O)c4-c4cc3ccc4O)[C@H](O)c3ccc(c(Cl)c3)Oc3cc2cc(c3OC2OC(CO)C(O)C(O)C2OC2CC(C)(NCc3ccc(OCCNc4cc(C(F)(F)F)nc5ccccc45)cc3)C(O)C(C)O2)Oc2ccc(cc2Cl)[C@H]1O.Cl.Cl. The van der Waals surface area contributed by atoms with Crippen LogP contribution in [0.3, 0.4) is 0 Å². The maximum atomic E-state index is 16.2. The van der Waals surface area contributed by atoms with Crippen molar-refractivity contribution >= 4 is 112 Å². The van der Waals surface area contributed by atoms with Crippen LogP contribution in [0.2, 0.25) is 10.0 Å². The molecule has 686 valence electrons. The largest absolute Gasteiger partial charge is 0.508 e. The van der Waals surface area contributed by atoms with Crippen LogP contribution in [0.15, 0.2) is 133 Å². The van der Waals surface area contributed by atoms with E-state index < -0.39 is 254 Å². The van der Waals surface area contributed by atoms with Crippen LogP contribution in [0.25, 0.3) is 22.0 Å². The zero-order chi connectivity index (χ0) is 90.8. The molecule has 7 aromatic carbocycles. The van der Waals surface area contributed by atoms with Crippen LogP contribution in [0.4, 0.5) is 18.9 Å². The molecule has 2 fully saturated rings. The number of anilines is 1. The van der Waals surface area contributed by atoms with Crippen LogP contribution in [0.1, 0.15) is 116 Å². The number of aromatic hydroxyl groups is 3. The number of aliphatic carboxylic acids is 1. The fourth-order valence-corrected chi connectivity index (χ4v) is 15.9. The average Bonchev–Trinajstić information content (AvgIpc) is 0.771. The highest BCUT2D eigenvalue weighted by atomic mass is 35.5. The number of pyridine rings is 1. The number of aliphatic hydroxyl groups excluding tert-OH is 6. The second-order valence-electron chi connectivity index (χ2n) is 31.5. The molecular formula is C85H92Cl4F3N11O25. The van der Waals surface area contributed by atoms with Gasteiger partial charge in [0.1, 0.15) is 108 Å². The maximum Gasteiger partial charge on any atom is 0.433 e. The summed E-state index contributed by atoms with van der Waals surface area (Å²) in [6.07, 6.45) is -24.0. The number of carboxylic acid groups (broad SMARTS) is 1. The summed E-state index contributed by atoms with van der Waals surface area (Å²) >= 11 is 14.3. The number of amides is 7. The van der Waals surface area contributed by atoms with Crippen LogP contribution in [-0.4, -0.2) is 209 Å². The van der Waals surface area contributed by atoms with E-state index in [9.17, 15) is 88.2 Å². The number of phenols is 3. The van der Waals surface area contributed by atoms with E-state index in [0.717, 1.165) is 72.8 Å². The van der Waals surface area contributed by atoms with E-state index in [2.05, 4.69) is 52.8 Å². The van der Waals surface area contributed by atoms with Gasteiger partial charge in [0.25, 0.3) is 0 Å². The Kier molecular flexibility index (Phi) is 30.8. The summed E-state index contributed by atoms with van der Waals surface area (Å²) in [6.45, 7) is 5.98. The molecule has 7 aliphatic heterocycles. The number of para-hydroxylation sites is 1. The third kappa shape index (κ3) is 21.5. The number of hydrogen-bond acceptors (Lipinski definition) is 28. The molecule has 21 N–H and O–H groups in total. The molecule has 1 aromatic heterocycles. The number of nitrogens with one attached hydrogen (secondary N) is 9. The first-order chi connectivity index (χ1) is 59.8. The van der Waals surface area contributed by atoms with E-state index in [-0.39, 0.29) is 96.9 Å². The Balaban J connectivity index is 0.00000793. The predicted molar refractivity (Wildman–Crippen MR) is 454 cm³/mol. The molecule has 0 spiro atoms. The molecule has 7 aliphatic rings. The van der Waals surface area contributed by atoms with Gasteiger partial charge in [-0.3, -0.25) is 33.6 Å². The number of fused-ring (bicyclic) bond motifs is 16. The van der Waals surface area contributed by atoms with Crippen LogP contribution in [0.5, 0.6) is 51.7 Å². The smallest absolute Gasteiger partial charge is 0.433 e. The number of nitrogens with zero attached hydrogens (tertiary/aromatic N) is 1. The van der Waals surface area contributed by atoms with E-state index in [0.29, 0.717) is 16.7 Å². The quantitative estimate of drug-likeness (QED) is 0.0376. The van der Waals surface area contributed by atoms with Gasteiger partial charge < -0.3 is 138 Å². The lowest BCUT2D eigenvalue weighted by molar-refractivity contribution is -0.334. The lowest BCUT2D eigenvalue weighted by Crippen LogP contribution is -2.65. The Labute approximate surface area is 749 Å². The summed E-state index contributed by atoms with van der Waals surface area (Å²) in [6, 6.07) is 13.0. The molecule has 7 amide bonds. The van der Waals surface area contributed by atoms with Crippen LogP contribution < -0.4 is 72.5 Å². The molecule has 0 radical (unpaired) electrons. The van der Waals surface area contributed by atoms with Gasteiger partial charge in [-0.05, 0) is 140 Å². The van der Waals surface area contributed by atoms with Crippen molar-refractivity contribution in [2.24, 2.45) is 11.7 Å². The zero-order valence-electron chi connectivity index (χ0n) is 68.4. The van der Waals surface area contributed by atoms with E-state index >= 15 is 14.4 Å². The number of halogens is 7. The lowest BCUT2D eigenvalue weighted by atomic mass is 9.84. The van der Waals surface area contributed by atoms with Crippen molar-refractivity contribution in [2.75, 3.05) is 32.1 Å². The Hall–Kier alpha value is -11.4.